The molecule has 20 heavy (non-hydrogen) atoms. The third-order valence-corrected chi connectivity index (χ3v) is 3.68. The van der Waals surface area contributed by atoms with Crippen LogP contribution in [-0.2, 0) is 0 Å². The SMILES string of the molecule is COc1cc(C(Cl)c2cc(F)ccc2OC)ccc1C. The van der Waals surface area contributed by atoms with Crippen LogP contribution in [0.5, 0.6) is 11.5 Å². The van der Waals surface area contributed by atoms with Crippen LogP contribution in [0.1, 0.15) is 22.1 Å². The number of hydrogen-bond donors (Lipinski definition) is 0. The standard InChI is InChI=1S/C16H16ClFO2/c1-10-4-5-11(8-15(10)20-3)16(17)13-9-12(18)6-7-14(13)19-2/h4-9,16H,1-3H3. The Morgan fingerprint density at radius 3 is 2.35 bits per heavy atom. The molecule has 1 atom stereocenters. The van der Waals surface area contributed by atoms with E-state index in [1.54, 1.807) is 13.2 Å². The van der Waals surface area contributed by atoms with Gasteiger partial charge in [-0.25, -0.2) is 4.39 Å². The summed E-state index contributed by atoms with van der Waals surface area (Å²) in [4.78, 5) is 0. The highest BCUT2D eigenvalue weighted by Gasteiger charge is 2.17. The van der Waals surface area contributed by atoms with Crippen molar-refractivity contribution in [2.75, 3.05) is 14.2 Å². The summed E-state index contributed by atoms with van der Waals surface area (Å²) in [6.45, 7) is 1.95. The zero-order valence-electron chi connectivity index (χ0n) is 11.6. The average molecular weight is 295 g/mol. The molecule has 2 rings (SSSR count). The Kier molecular flexibility index (Phi) is 4.50. The van der Waals surface area contributed by atoms with E-state index < -0.39 is 5.38 Å². The molecule has 0 fully saturated rings. The molecule has 2 aromatic rings. The minimum Gasteiger partial charge on any atom is -0.496 e. The molecule has 106 valence electrons. The van der Waals surface area contributed by atoms with Crippen molar-refractivity contribution < 1.29 is 13.9 Å². The first kappa shape index (κ1) is 14.7. The molecule has 2 nitrogen and oxygen atoms in total. The number of hydrogen-bond acceptors (Lipinski definition) is 2. The fraction of sp³-hybridized carbons (Fsp3) is 0.250. The molecule has 0 saturated carbocycles. The summed E-state index contributed by atoms with van der Waals surface area (Å²) >= 11 is 6.47. The summed E-state index contributed by atoms with van der Waals surface area (Å²) < 4.78 is 24.0. The monoisotopic (exact) mass is 294 g/mol. The van der Waals surface area contributed by atoms with Gasteiger partial charge < -0.3 is 9.47 Å². The molecule has 0 heterocycles. The smallest absolute Gasteiger partial charge is 0.124 e. The Balaban J connectivity index is 2.45. The first-order valence-corrected chi connectivity index (χ1v) is 6.62. The number of rotatable bonds is 4. The van der Waals surface area contributed by atoms with E-state index >= 15 is 0 Å². The lowest BCUT2D eigenvalue weighted by Gasteiger charge is -2.16. The molecule has 2 aromatic carbocycles. The van der Waals surface area contributed by atoms with E-state index in [0.29, 0.717) is 11.3 Å². The Bertz CT molecular complexity index is 613. The van der Waals surface area contributed by atoms with Crippen LogP contribution in [0, 0.1) is 12.7 Å². The summed E-state index contributed by atoms with van der Waals surface area (Å²) in [5, 5.41) is -0.504. The van der Waals surface area contributed by atoms with E-state index in [2.05, 4.69) is 0 Å². The Morgan fingerprint density at radius 1 is 1.00 bits per heavy atom. The first-order chi connectivity index (χ1) is 9.56. The minimum absolute atomic E-state index is 0.342. The lowest BCUT2D eigenvalue weighted by atomic mass is 10.0. The van der Waals surface area contributed by atoms with Crippen LogP contribution in [0.2, 0.25) is 0 Å². The Hall–Kier alpha value is -1.74. The van der Waals surface area contributed by atoms with Gasteiger partial charge in [0.05, 0.1) is 19.6 Å². The van der Waals surface area contributed by atoms with E-state index in [-0.39, 0.29) is 5.82 Å². The molecular formula is C16H16ClFO2. The highest BCUT2D eigenvalue weighted by atomic mass is 35.5. The van der Waals surface area contributed by atoms with Gasteiger partial charge in [0.25, 0.3) is 0 Å². The highest BCUT2D eigenvalue weighted by molar-refractivity contribution is 6.22. The largest absolute Gasteiger partial charge is 0.496 e. The van der Waals surface area contributed by atoms with Crippen LogP contribution in [0.25, 0.3) is 0 Å². The van der Waals surface area contributed by atoms with Crippen molar-refractivity contribution in [1.29, 1.82) is 0 Å². The van der Waals surface area contributed by atoms with E-state index in [1.165, 1.54) is 19.2 Å². The lowest BCUT2D eigenvalue weighted by Crippen LogP contribution is -1.99. The molecule has 0 aliphatic rings. The Labute approximate surface area is 123 Å². The normalized spacial score (nSPS) is 12.1. The third kappa shape index (κ3) is 2.88. The number of methoxy groups -OCH3 is 2. The fourth-order valence-corrected chi connectivity index (χ4v) is 2.38. The van der Waals surface area contributed by atoms with Crippen molar-refractivity contribution in [2.24, 2.45) is 0 Å². The van der Waals surface area contributed by atoms with E-state index in [9.17, 15) is 4.39 Å². The Morgan fingerprint density at radius 2 is 1.70 bits per heavy atom. The van der Waals surface area contributed by atoms with Gasteiger partial charge in [-0.2, -0.15) is 0 Å². The van der Waals surface area contributed by atoms with Crippen molar-refractivity contribution in [1.82, 2.24) is 0 Å². The maximum absolute atomic E-state index is 13.4. The van der Waals surface area contributed by atoms with Crippen molar-refractivity contribution >= 4 is 11.6 Å². The molecule has 1 unspecified atom stereocenters. The van der Waals surface area contributed by atoms with Gasteiger partial charge in [-0.15, -0.1) is 11.6 Å². The van der Waals surface area contributed by atoms with Crippen LogP contribution in [0.15, 0.2) is 36.4 Å². The predicted molar refractivity (Wildman–Crippen MR) is 78.4 cm³/mol. The summed E-state index contributed by atoms with van der Waals surface area (Å²) in [7, 11) is 3.15. The van der Waals surface area contributed by atoms with Crippen LogP contribution in [-0.4, -0.2) is 14.2 Å². The summed E-state index contributed by atoms with van der Waals surface area (Å²) in [6, 6.07) is 10.0. The van der Waals surface area contributed by atoms with Crippen LogP contribution >= 0.6 is 11.6 Å². The van der Waals surface area contributed by atoms with Crippen LogP contribution < -0.4 is 9.47 Å². The van der Waals surface area contributed by atoms with Crippen molar-refractivity contribution in [3.63, 3.8) is 0 Å². The van der Waals surface area contributed by atoms with Gasteiger partial charge in [0.15, 0.2) is 0 Å². The fourth-order valence-electron chi connectivity index (χ4n) is 2.08. The zero-order chi connectivity index (χ0) is 14.7. The van der Waals surface area contributed by atoms with Gasteiger partial charge in [0.2, 0.25) is 0 Å². The quantitative estimate of drug-likeness (QED) is 0.774. The zero-order valence-corrected chi connectivity index (χ0v) is 12.4. The average Bonchev–Trinajstić information content (AvgIpc) is 2.47. The van der Waals surface area contributed by atoms with Crippen molar-refractivity contribution in [3.05, 3.63) is 58.9 Å². The van der Waals surface area contributed by atoms with Gasteiger partial charge in [0.1, 0.15) is 17.3 Å². The van der Waals surface area contributed by atoms with Crippen molar-refractivity contribution in [2.45, 2.75) is 12.3 Å². The van der Waals surface area contributed by atoms with E-state index in [4.69, 9.17) is 21.1 Å². The summed E-state index contributed by atoms with van der Waals surface area (Å²) in [5.74, 6) is 0.972. The van der Waals surface area contributed by atoms with Gasteiger partial charge in [-0.1, -0.05) is 12.1 Å². The number of alkyl halides is 1. The molecule has 0 saturated heterocycles. The second-order valence-electron chi connectivity index (χ2n) is 4.48. The second kappa shape index (κ2) is 6.14. The number of halogens is 2. The second-order valence-corrected chi connectivity index (χ2v) is 4.91. The number of benzene rings is 2. The molecule has 4 heteroatoms. The molecule has 0 aliphatic carbocycles. The van der Waals surface area contributed by atoms with Crippen molar-refractivity contribution in [3.8, 4) is 11.5 Å². The van der Waals surface area contributed by atoms with Gasteiger partial charge in [-0.3, -0.25) is 0 Å². The maximum Gasteiger partial charge on any atom is 0.124 e. The molecule has 0 spiro atoms. The minimum atomic E-state index is -0.504. The molecule has 0 bridgehead atoms. The molecular weight excluding hydrogens is 279 g/mol. The van der Waals surface area contributed by atoms with E-state index in [1.807, 2.05) is 25.1 Å². The van der Waals surface area contributed by atoms with Crippen LogP contribution in [0.3, 0.4) is 0 Å². The molecule has 0 aliphatic heterocycles. The van der Waals surface area contributed by atoms with Gasteiger partial charge in [-0.05, 0) is 42.3 Å². The van der Waals surface area contributed by atoms with Crippen LogP contribution in [0.4, 0.5) is 4.39 Å². The third-order valence-electron chi connectivity index (χ3n) is 3.19. The molecule has 0 radical (unpaired) electrons. The van der Waals surface area contributed by atoms with Gasteiger partial charge in [0, 0.05) is 5.56 Å². The summed E-state index contributed by atoms with van der Waals surface area (Å²) in [5.41, 5.74) is 2.45. The predicted octanol–water partition coefficient (Wildman–Crippen LogP) is 4.48. The first-order valence-electron chi connectivity index (χ1n) is 6.19. The lowest BCUT2D eigenvalue weighted by molar-refractivity contribution is 0.407. The summed E-state index contributed by atoms with van der Waals surface area (Å²) in [6.07, 6.45) is 0. The number of aryl methyl sites for hydroxylation is 1. The molecule has 0 amide bonds. The van der Waals surface area contributed by atoms with E-state index in [0.717, 1.165) is 16.9 Å². The molecule has 0 N–H and O–H groups in total. The number of ether oxygens (including phenoxy) is 2. The molecule has 0 aromatic heterocycles. The van der Waals surface area contributed by atoms with Gasteiger partial charge >= 0.3 is 0 Å². The highest BCUT2D eigenvalue weighted by Crippen LogP contribution is 2.37. The topological polar surface area (TPSA) is 18.5 Å². The maximum atomic E-state index is 13.4.